The minimum atomic E-state index is -0.477. The molecule has 1 heterocycles. The Hall–Kier alpha value is -1.71. The zero-order chi connectivity index (χ0) is 14.4. The predicted molar refractivity (Wildman–Crippen MR) is 85.3 cm³/mol. The van der Waals surface area contributed by atoms with Crippen LogP contribution in [0.1, 0.15) is 21.5 Å². The number of carbonyl (C=O) groups is 1. The first-order valence-corrected chi connectivity index (χ1v) is 7.35. The number of hydrogen-bond acceptors (Lipinski definition) is 3. The second kappa shape index (κ2) is 4.69. The molecule has 2 nitrogen and oxygen atoms in total. The van der Waals surface area contributed by atoms with Crippen LogP contribution < -0.4 is 5.43 Å². The van der Waals surface area contributed by atoms with Gasteiger partial charge in [-0.05, 0) is 54.8 Å². The van der Waals surface area contributed by atoms with Crippen molar-refractivity contribution in [2.45, 2.75) is 13.8 Å². The number of aryl methyl sites for hydroxylation is 2. The summed E-state index contributed by atoms with van der Waals surface area (Å²) in [6, 6.07) is 9.28. The van der Waals surface area contributed by atoms with Crippen LogP contribution in [0.15, 0.2) is 35.1 Å². The molecule has 0 saturated carbocycles. The Bertz CT molecular complexity index is 925. The van der Waals surface area contributed by atoms with Gasteiger partial charge in [0.15, 0.2) is 5.43 Å². The highest BCUT2D eigenvalue weighted by molar-refractivity contribution is 7.24. The second-order valence-corrected chi connectivity index (χ2v) is 6.17. The average Bonchev–Trinajstić information content (AvgIpc) is 2.40. The largest absolute Gasteiger partial charge is 0.289 e. The number of halogens is 1. The quantitative estimate of drug-likeness (QED) is 0.493. The average molecular weight is 303 g/mol. The lowest BCUT2D eigenvalue weighted by Gasteiger charge is -2.10. The van der Waals surface area contributed by atoms with Gasteiger partial charge < -0.3 is 0 Å². The molecule has 3 rings (SSSR count). The molecule has 0 fully saturated rings. The van der Waals surface area contributed by atoms with E-state index >= 15 is 0 Å². The van der Waals surface area contributed by atoms with Crippen molar-refractivity contribution in [3.63, 3.8) is 0 Å². The highest BCUT2D eigenvalue weighted by atomic mass is 35.5. The lowest BCUT2D eigenvalue weighted by molar-refractivity contribution is 0.108. The van der Waals surface area contributed by atoms with Gasteiger partial charge in [0, 0.05) is 25.7 Å². The Kier molecular flexibility index (Phi) is 3.11. The fraction of sp³-hybridized carbons (Fsp3) is 0.125. The smallest absolute Gasteiger partial charge is 0.252 e. The van der Waals surface area contributed by atoms with Gasteiger partial charge in [-0.2, -0.15) is 0 Å². The van der Waals surface area contributed by atoms with Gasteiger partial charge in [0.05, 0.1) is 0 Å². The van der Waals surface area contributed by atoms with E-state index in [1.165, 1.54) is 11.3 Å². The van der Waals surface area contributed by atoms with Gasteiger partial charge in [-0.1, -0.05) is 12.1 Å². The van der Waals surface area contributed by atoms with E-state index in [0.717, 1.165) is 20.5 Å². The highest BCUT2D eigenvalue weighted by Crippen LogP contribution is 2.31. The van der Waals surface area contributed by atoms with Crippen LogP contribution in [0.4, 0.5) is 0 Å². The van der Waals surface area contributed by atoms with Gasteiger partial charge >= 0.3 is 0 Å². The maximum absolute atomic E-state index is 12.6. The van der Waals surface area contributed by atoms with Crippen LogP contribution in [0.25, 0.3) is 20.2 Å². The fourth-order valence-electron chi connectivity index (χ4n) is 2.57. The molecule has 0 bridgehead atoms. The summed E-state index contributed by atoms with van der Waals surface area (Å²) in [4.78, 5) is 24.1. The Morgan fingerprint density at radius 3 is 2.55 bits per heavy atom. The standard InChI is InChI=1S/C16H11ClO2S/c1-8-7-11-14(18)10-5-3-4-6-12(10)20-15(11)9(2)13(8)16(17)19/h3-7H,1-2H3. The first kappa shape index (κ1) is 13.3. The molecule has 0 saturated heterocycles. The SMILES string of the molecule is Cc1cc2c(=O)c3ccccc3sc2c(C)c1C(=O)Cl. The summed E-state index contributed by atoms with van der Waals surface area (Å²) in [5, 5.41) is 0.897. The summed E-state index contributed by atoms with van der Waals surface area (Å²) in [7, 11) is 0. The van der Waals surface area contributed by atoms with Gasteiger partial charge in [0.2, 0.25) is 0 Å². The molecular weight excluding hydrogens is 292 g/mol. The number of hydrogen-bond donors (Lipinski definition) is 0. The van der Waals surface area contributed by atoms with Gasteiger partial charge in [-0.3, -0.25) is 9.59 Å². The van der Waals surface area contributed by atoms with E-state index in [9.17, 15) is 9.59 Å². The summed E-state index contributed by atoms with van der Waals surface area (Å²) in [5.41, 5.74) is 2.04. The van der Waals surface area contributed by atoms with Crippen molar-refractivity contribution in [3.8, 4) is 0 Å². The minimum Gasteiger partial charge on any atom is -0.289 e. The third kappa shape index (κ3) is 1.86. The third-order valence-electron chi connectivity index (χ3n) is 3.50. The van der Waals surface area contributed by atoms with Gasteiger partial charge in [0.25, 0.3) is 5.24 Å². The first-order chi connectivity index (χ1) is 9.50. The highest BCUT2D eigenvalue weighted by Gasteiger charge is 2.16. The molecule has 3 aromatic rings. The monoisotopic (exact) mass is 302 g/mol. The number of rotatable bonds is 1. The Balaban J connectivity index is 2.59. The van der Waals surface area contributed by atoms with Crippen molar-refractivity contribution in [3.05, 3.63) is 57.2 Å². The summed E-state index contributed by atoms with van der Waals surface area (Å²) < 4.78 is 1.76. The van der Waals surface area contributed by atoms with E-state index in [0.29, 0.717) is 16.3 Å². The van der Waals surface area contributed by atoms with Crippen LogP contribution >= 0.6 is 22.9 Å². The topological polar surface area (TPSA) is 34.1 Å². The molecule has 0 aliphatic rings. The first-order valence-electron chi connectivity index (χ1n) is 6.16. The molecular formula is C16H11ClO2S. The molecule has 2 aromatic carbocycles. The molecule has 0 unspecified atom stereocenters. The van der Waals surface area contributed by atoms with E-state index in [4.69, 9.17) is 11.6 Å². The summed E-state index contributed by atoms with van der Waals surface area (Å²) in [5.74, 6) is 0. The van der Waals surface area contributed by atoms with E-state index in [2.05, 4.69) is 0 Å². The summed E-state index contributed by atoms with van der Waals surface area (Å²) in [6.45, 7) is 3.65. The molecule has 0 spiro atoms. The van der Waals surface area contributed by atoms with Crippen molar-refractivity contribution in [1.29, 1.82) is 0 Å². The normalized spacial score (nSPS) is 11.2. The molecule has 0 aliphatic carbocycles. The molecule has 1 aromatic heterocycles. The molecule has 0 radical (unpaired) electrons. The summed E-state index contributed by atoms with van der Waals surface area (Å²) in [6.07, 6.45) is 0. The van der Waals surface area contributed by atoms with Gasteiger partial charge in [-0.15, -0.1) is 11.3 Å². The molecule has 20 heavy (non-hydrogen) atoms. The minimum absolute atomic E-state index is 0.00845. The maximum Gasteiger partial charge on any atom is 0.252 e. The maximum atomic E-state index is 12.6. The second-order valence-electron chi connectivity index (χ2n) is 4.77. The van der Waals surface area contributed by atoms with Crippen molar-refractivity contribution in [2.24, 2.45) is 0 Å². The van der Waals surface area contributed by atoms with Crippen molar-refractivity contribution >= 4 is 48.4 Å². The van der Waals surface area contributed by atoms with Gasteiger partial charge in [-0.25, -0.2) is 0 Å². The lowest BCUT2D eigenvalue weighted by Crippen LogP contribution is -2.05. The lowest BCUT2D eigenvalue weighted by atomic mass is 10.0. The van der Waals surface area contributed by atoms with Crippen LogP contribution in [0.3, 0.4) is 0 Å². The van der Waals surface area contributed by atoms with Crippen LogP contribution in [-0.4, -0.2) is 5.24 Å². The van der Waals surface area contributed by atoms with E-state index in [1.807, 2.05) is 31.2 Å². The zero-order valence-corrected chi connectivity index (χ0v) is 12.6. The van der Waals surface area contributed by atoms with E-state index in [-0.39, 0.29) is 5.43 Å². The van der Waals surface area contributed by atoms with Crippen molar-refractivity contribution in [2.75, 3.05) is 0 Å². The summed E-state index contributed by atoms with van der Waals surface area (Å²) >= 11 is 7.18. The van der Waals surface area contributed by atoms with Crippen LogP contribution in [0.5, 0.6) is 0 Å². The number of fused-ring (bicyclic) bond motifs is 2. The van der Waals surface area contributed by atoms with Crippen molar-refractivity contribution in [1.82, 2.24) is 0 Å². The molecule has 0 amide bonds. The van der Waals surface area contributed by atoms with Crippen LogP contribution in [0, 0.1) is 13.8 Å². The molecule has 0 aliphatic heterocycles. The van der Waals surface area contributed by atoms with Crippen LogP contribution in [0.2, 0.25) is 0 Å². The molecule has 4 heteroatoms. The molecule has 0 atom stereocenters. The van der Waals surface area contributed by atoms with Crippen molar-refractivity contribution < 1.29 is 4.79 Å². The predicted octanol–water partition coefficient (Wildman–Crippen LogP) is 4.41. The Morgan fingerprint density at radius 2 is 1.85 bits per heavy atom. The zero-order valence-electron chi connectivity index (χ0n) is 11.0. The Morgan fingerprint density at radius 1 is 1.15 bits per heavy atom. The molecule has 0 N–H and O–H groups in total. The van der Waals surface area contributed by atoms with E-state index in [1.54, 1.807) is 13.0 Å². The Labute approximate surface area is 124 Å². The third-order valence-corrected chi connectivity index (χ3v) is 5.00. The number of benzene rings is 2. The number of carbonyl (C=O) groups excluding carboxylic acids is 1. The van der Waals surface area contributed by atoms with E-state index < -0.39 is 5.24 Å². The van der Waals surface area contributed by atoms with Gasteiger partial charge in [0.1, 0.15) is 0 Å². The van der Waals surface area contributed by atoms with Crippen LogP contribution in [-0.2, 0) is 0 Å². The molecule has 100 valence electrons. The fourth-order valence-corrected chi connectivity index (χ4v) is 4.01.